The molecule has 5 nitrogen and oxygen atoms in total. The van der Waals surface area contributed by atoms with E-state index in [1.54, 1.807) is 0 Å². The maximum Gasteiger partial charge on any atom is 0.250 e. The van der Waals surface area contributed by atoms with Crippen molar-refractivity contribution in [1.82, 2.24) is 0 Å². The van der Waals surface area contributed by atoms with Crippen molar-refractivity contribution in [2.75, 3.05) is 30.5 Å². The molecule has 1 aliphatic carbocycles. The first-order valence-electron chi connectivity index (χ1n) is 9.56. The lowest BCUT2D eigenvalue weighted by molar-refractivity contribution is -0.124. The smallest absolute Gasteiger partial charge is 0.250 e. The third-order valence-electron chi connectivity index (χ3n) is 5.22. The Bertz CT molecular complexity index is 540. The molecule has 0 spiro atoms. The van der Waals surface area contributed by atoms with Crippen LogP contribution in [0.3, 0.4) is 0 Å². The maximum absolute atomic E-state index is 12.1. The Morgan fingerprint density at radius 1 is 1.08 bits per heavy atom. The Balaban J connectivity index is 1.41. The van der Waals surface area contributed by atoms with Gasteiger partial charge < -0.3 is 20.1 Å². The van der Waals surface area contributed by atoms with Gasteiger partial charge in [-0.05, 0) is 55.9 Å². The molecular formula is C20H30N2O3. The van der Waals surface area contributed by atoms with Gasteiger partial charge in [0.2, 0.25) is 5.91 Å². The van der Waals surface area contributed by atoms with E-state index in [1.807, 2.05) is 24.3 Å². The van der Waals surface area contributed by atoms with E-state index < -0.39 is 0 Å². The van der Waals surface area contributed by atoms with Gasteiger partial charge >= 0.3 is 0 Å². The lowest BCUT2D eigenvalue weighted by Gasteiger charge is -2.28. The van der Waals surface area contributed by atoms with Crippen molar-refractivity contribution in [3.8, 4) is 0 Å². The Labute approximate surface area is 150 Å². The van der Waals surface area contributed by atoms with Crippen LogP contribution in [0.15, 0.2) is 24.3 Å². The standard InChI is InChI=1S/C20H30N2O3/c1-15-4-2-3-5-19(15)25-14-20(23)22-17-8-6-16(7-9-17)21-18-10-12-24-13-11-18/h6-9,15,18-19,21H,2-5,10-14H2,1H3,(H,22,23)/t15-,19-/m1/s1. The summed E-state index contributed by atoms with van der Waals surface area (Å²) in [7, 11) is 0. The predicted molar refractivity (Wildman–Crippen MR) is 99.9 cm³/mol. The van der Waals surface area contributed by atoms with Crippen LogP contribution in [0.2, 0.25) is 0 Å². The van der Waals surface area contributed by atoms with Gasteiger partial charge in [-0.25, -0.2) is 0 Å². The van der Waals surface area contributed by atoms with Gasteiger partial charge in [0.25, 0.3) is 0 Å². The molecular weight excluding hydrogens is 316 g/mol. The number of carbonyl (C=O) groups excluding carboxylic acids is 1. The third-order valence-corrected chi connectivity index (χ3v) is 5.22. The number of ether oxygens (including phenoxy) is 2. The first kappa shape index (κ1) is 18.2. The molecule has 2 atom stereocenters. The SMILES string of the molecule is C[C@@H]1CCCC[C@H]1OCC(=O)Nc1ccc(NC2CCOCC2)cc1. The van der Waals surface area contributed by atoms with E-state index in [9.17, 15) is 4.79 Å². The Morgan fingerprint density at radius 3 is 2.48 bits per heavy atom. The van der Waals surface area contributed by atoms with E-state index in [1.165, 1.54) is 19.3 Å². The Kier molecular flexibility index (Phi) is 6.70. The molecule has 1 aromatic rings. The van der Waals surface area contributed by atoms with Gasteiger partial charge in [0.05, 0.1) is 6.10 Å². The summed E-state index contributed by atoms with van der Waals surface area (Å²) in [6.45, 7) is 4.00. The summed E-state index contributed by atoms with van der Waals surface area (Å²) >= 11 is 0. The first-order chi connectivity index (χ1) is 12.2. The molecule has 2 N–H and O–H groups in total. The first-order valence-corrected chi connectivity index (χ1v) is 9.56. The topological polar surface area (TPSA) is 59.6 Å². The lowest BCUT2D eigenvalue weighted by Crippen LogP contribution is -2.29. The Morgan fingerprint density at radius 2 is 1.76 bits per heavy atom. The van der Waals surface area contributed by atoms with E-state index in [0.29, 0.717) is 12.0 Å². The summed E-state index contributed by atoms with van der Waals surface area (Å²) < 4.78 is 11.2. The fourth-order valence-electron chi connectivity index (χ4n) is 3.64. The highest BCUT2D eigenvalue weighted by Crippen LogP contribution is 2.26. The van der Waals surface area contributed by atoms with Crippen LogP contribution >= 0.6 is 0 Å². The third kappa shape index (κ3) is 5.72. The molecule has 3 rings (SSSR count). The molecule has 138 valence electrons. The van der Waals surface area contributed by atoms with Crippen LogP contribution in [-0.4, -0.2) is 37.9 Å². The van der Waals surface area contributed by atoms with Crippen molar-refractivity contribution in [2.24, 2.45) is 5.92 Å². The maximum atomic E-state index is 12.1. The van der Waals surface area contributed by atoms with Crippen LogP contribution in [0.5, 0.6) is 0 Å². The van der Waals surface area contributed by atoms with Gasteiger partial charge in [-0.1, -0.05) is 19.8 Å². The van der Waals surface area contributed by atoms with Crippen LogP contribution in [0.1, 0.15) is 45.4 Å². The minimum atomic E-state index is -0.0806. The zero-order chi connectivity index (χ0) is 17.5. The Hall–Kier alpha value is -1.59. The van der Waals surface area contributed by atoms with E-state index in [0.717, 1.165) is 43.9 Å². The highest BCUT2D eigenvalue weighted by molar-refractivity contribution is 5.91. The van der Waals surface area contributed by atoms with Gasteiger partial charge in [0.1, 0.15) is 6.61 Å². The number of rotatable bonds is 6. The van der Waals surface area contributed by atoms with Crippen LogP contribution in [-0.2, 0) is 14.3 Å². The lowest BCUT2D eigenvalue weighted by atomic mass is 9.88. The van der Waals surface area contributed by atoms with Crippen molar-refractivity contribution in [2.45, 2.75) is 57.6 Å². The molecule has 0 unspecified atom stereocenters. The van der Waals surface area contributed by atoms with Crippen molar-refractivity contribution in [1.29, 1.82) is 0 Å². The van der Waals surface area contributed by atoms with Crippen LogP contribution in [0.25, 0.3) is 0 Å². The number of anilines is 2. The molecule has 0 radical (unpaired) electrons. The monoisotopic (exact) mass is 346 g/mol. The van der Waals surface area contributed by atoms with Crippen molar-refractivity contribution < 1.29 is 14.3 Å². The van der Waals surface area contributed by atoms with E-state index in [4.69, 9.17) is 9.47 Å². The second-order valence-electron chi connectivity index (χ2n) is 7.27. The summed E-state index contributed by atoms with van der Waals surface area (Å²) in [5.41, 5.74) is 1.89. The van der Waals surface area contributed by atoms with Crippen molar-refractivity contribution in [3.05, 3.63) is 24.3 Å². The quantitative estimate of drug-likeness (QED) is 0.822. The second-order valence-corrected chi connectivity index (χ2v) is 7.27. The predicted octanol–water partition coefficient (Wildman–Crippen LogP) is 3.81. The normalized spacial score (nSPS) is 24.7. The number of amides is 1. The molecule has 0 bridgehead atoms. The van der Waals surface area contributed by atoms with Gasteiger partial charge in [0, 0.05) is 30.6 Å². The largest absolute Gasteiger partial charge is 0.382 e. The second kappa shape index (κ2) is 9.20. The zero-order valence-corrected chi connectivity index (χ0v) is 15.1. The molecule has 0 aromatic heterocycles. The van der Waals surface area contributed by atoms with Gasteiger partial charge in [0.15, 0.2) is 0 Å². The minimum absolute atomic E-state index is 0.0806. The molecule has 1 aliphatic heterocycles. The average Bonchev–Trinajstić information content (AvgIpc) is 2.64. The van der Waals surface area contributed by atoms with Crippen molar-refractivity contribution >= 4 is 17.3 Å². The number of hydrogen-bond donors (Lipinski definition) is 2. The fourth-order valence-corrected chi connectivity index (χ4v) is 3.64. The highest BCUT2D eigenvalue weighted by atomic mass is 16.5. The summed E-state index contributed by atoms with van der Waals surface area (Å²) in [5.74, 6) is 0.472. The molecule has 5 heteroatoms. The van der Waals surface area contributed by atoms with Gasteiger partial charge in [-0.3, -0.25) is 4.79 Å². The molecule has 1 amide bonds. The number of carbonyl (C=O) groups is 1. The molecule has 25 heavy (non-hydrogen) atoms. The zero-order valence-electron chi connectivity index (χ0n) is 15.1. The number of hydrogen-bond acceptors (Lipinski definition) is 4. The summed E-state index contributed by atoms with van der Waals surface area (Å²) in [6.07, 6.45) is 7.06. The van der Waals surface area contributed by atoms with Crippen LogP contribution in [0, 0.1) is 5.92 Å². The van der Waals surface area contributed by atoms with Gasteiger partial charge in [-0.15, -0.1) is 0 Å². The minimum Gasteiger partial charge on any atom is -0.382 e. The highest BCUT2D eigenvalue weighted by Gasteiger charge is 2.22. The molecule has 1 saturated carbocycles. The summed E-state index contributed by atoms with van der Waals surface area (Å²) in [5, 5.41) is 6.43. The number of benzene rings is 1. The van der Waals surface area contributed by atoms with E-state index >= 15 is 0 Å². The van der Waals surface area contributed by atoms with Crippen molar-refractivity contribution in [3.63, 3.8) is 0 Å². The molecule has 1 aromatic carbocycles. The van der Waals surface area contributed by atoms with Crippen LogP contribution in [0.4, 0.5) is 11.4 Å². The van der Waals surface area contributed by atoms with Gasteiger partial charge in [-0.2, -0.15) is 0 Å². The fraction of sp³-hybridized carbons (Fsp3) is 0.650. The molecule has 2 aliphatic rings. The average molecular weight is 346 g/mol. The van der Waals surface area contributed by atoms with Crippen LogP contribution < -0.4 is 10.6 Å². The molecule has 1 heterocycles. The molecule has 2 fully saturated rings. The summed E-state index contributed by atoms with van der Waals surface area (Å²) in [6, 6.07) is 8.36. The van der Waals surface area contributed by atoms with E-state index in [2.05, 4.69) is 17.6 Å². The molecule has 1 saturated heterocycles. The number of nitrogens with one attached hydrogen (secondary N) is 2. The van der Waals surface area contributed by atoms with E-state index in [-0.39, 0.29) is 18.6 Å². The summed E-state index contributed by atoms with van der Waals surface area (Å²) in [4.78, 5) is 12.1.